The second-order valence-corrected chi connectivity index (χ2v) is 7.49. The molecule has 3 rings (SSSR count). The molecule has 0 atom stereocenters. The van der Waals surface area contributed by atoms with E-state index in [9.17, 15) is 17.2 Å². The molecule has 0 aromatic carbocycles. The van der Waals surface area contributed by atoms with Gasteiger partial charge in [-0.2, -0.15) is 13.9 Å². The lowest BCUT2D eigenvalue weighted by molar-refractivity contribution is 0.0557. The van der Waals surface area contributed by atoms with E-state index in [2.05, 4.69) is 25.0 Å². The number of nitrogens with one attached hydrogen (secondary N) is 1. The Kier molecular flexibility index (Phi) is 5.87. The Morgan fingerprint density at radius 1 is 1.21 bits per heavy atom. The molecule has 29 heavy (non-hydrogen) atoms. The van der Waals surface area contributed by atoms with E-state index >= 15 is 0 Å². The van der Waals surface area contributed by atoms with Crippen LogP contribution in [-0.2, 0) is 16.6 Å². The molecule has 10 nitrogen and oxygen atoms in total. The maximum absolute atomic E-state index is 12.6. The van der Waals surface area contributed by atoms with Gasteiger partial charge in [-0.3, -0.25) is 4.72 Å². The molecule has 0 saturated carbocycles. The molecule has 0 aliphatic rings. The van der Waals surface area contributed by atoms with Gasteiger partial charge in [0, 0.05) is 12.3 Å². The van der Waals surface area contributed by atoms with Crippen molar-refractivity contribution in [2.75, 3.05) is 18.1 Å². The quantitative estimate of drug-likeness (QED) is 0.581. The van der Waals surface area contributed by atoms with Crippen molar-refractivity contribution < 1.29 is 26.7 Å². The van der Waals surface area contributed by atoms with Crippen LogP contribution in [0, 0.1) is 0 Å². The summed E-state index contributed by atoms with van der Waals surface area (Å²) in [5.74, 6) is 0.200. The Bertz CT molecular complexity index is 1110. The lowest BCUT2D eigenvalue weighted by Gasteiger charge is -2.10. The van der Waals surface area contributed by atoms with E-state index in [-0.39, 0.29) is 29.7 Å². The monoisotopic (exact) mass is 426 g/mol. The van der Waals surface area contributed by atoms with Crippen molar-refractivity contribution in [3.8, 4) is 23.1 Å². The van der Waals surface area contributed by atoms with E-state index in [1.165, 1.54) is 19.2 Å². The zero-order chi connectivity index (χ0) is 21.0. The summed E-state index contributed by atoms with van der Waals surface area (Å²) in [5.41, 5.74) is 1.03. The minimum atomic E-state index is -3.57. The van der Waals surface area contributed by atoms with Gasteiger partial charge in [-0.05, 0) is 18.2 Å². The van der Waals surface area contributed by atoms with E-state index in [4.69, 9.17) is 9.47 Å². The number of ether oxygens (including phenoxy) is 2. The average molecular weight is 426 g/mol. The SMILES string of the molecule is COc1nnc(-c2cccc(OCc3ccn(C(F)F)n3)n2)cc1NS(C)(=O)=O. The molecule has 3 aromatic heterocycles. The number of anilines is 1. The molecule has 154 valence electrons. The summed E-state index contributed by atoms with van der Waals surface area (Å²) in [6.07, 6.45) is 2.14. The Labute approximate surface area is 164 Å². The minimum Gasteiger partial charge on any atom is -0.478 e. The highest BCUT2D eigenvalue weighted by molar-refractivity contribution is 7.92. The van der Waals surface area contributed by atoms with Crippen molar-refractivity contribution in [3.63, 3.8) is 0 Å². The van der Waals surface area contributed by atoms with Crippen LogP contribution in [0.1, 0.15) is 12.2 Å². The van der Waals surface area contributed by atoms with Gasteiger partial charge in [0.2, 0.25) is 15.9 Å². The van der Waals surface area contributed by atoms with Crippen LogP contribution in [0.2, 0.25) is 0 Å². The van der Waals surface area contributed by atoms with E-state index in [0.717, 1.165) is 12.5 Å². The number of pyridine rings is 1. The molecule has 0 unspecified atom stereocenters. The molecule has 0 saturated heterocycles. The highest BCUT2D eigenvalue weighted by Crippen LogP contribution is 2.27. The molecule has 0 aliphatic heterocycles. The van der Waals surface area contributed by atoms with Gasteiger partial charge in [0.1, 0.15) is 23.7 Å². The first kappa shape index (κ1) is 20.4. The smallest absolute Gasteiger partial charge is 0.333 e. The van der Waals surface area contributed by atoms with Crippen LogP contribution in [0.4, 0.5) is 14.5 Å². The topological polar surface area (TPSA) is 121 Å². The first-order valence-corrected chi connectivity index (χ1v) is 9.96. The molecule has 3 aromatic rings. The molecule has 1 N–H and O–H groups in total. The fraction of sp³-hybridized carbons (Fsp3) is 0.250. The molecule has 0 spiro atoms. The van der Waals surface area contributed by atoms with E-state index in [1.54, 1.807) is 18.2 Å². The summed E-state index contributed by atoms with van der Waals surface area (Å²) >= 11 is 0. The third-order valence-electron chi connectivity index (χ3n) is 3.47. The van der Waals surface area contributed by atoms with Crippen molar-refractivity contribution in [2.24, 2.45) is 0 Å². The van der Waals surface area contributed by atoms with Crippen molar-refractivity contribution in [3.05, 3.63) is 42.2 Å². The number of methoxy groups -OCH3 is 1. The Morgan fingerprint density at radius 3 is 2.66 bits per heavy atom. The van der Waals surface area contributed by atoms with Gasteiger partial charge in [-0.15, -0.1) is 10.2 Å². The summed E-state index contributed by atoms with van der Waals surface area (Å²) in [7, 11) is -2.23. The lowest BCUT2D eigenvalue weighted by Crippen LogP contribution is -2.12. The molecule has 0 fully saturated rings. The summed E-state index contributed by atoms with van der Waals surface area (Å²) in [5, 5.41) is 11.5. The predicted molar refractivity (Wildman–Crippen MR) is 98.1 cm³/mol. The van der Waals surface area contributed by atoms with E-state index in [1.807, 2.05) is 0 Å². The Morgan fingerprint density at radius 2 is 2.00 bits per heavy atom. The number of halogens is 2. The summed E-state index contributed by atoms with van der Waals surface area (Å²) in [6.45, 7) is -2.79. The van der Waals surface area contributed by atoms with Crippen LogP contribution in [0.25, 0.3) is 11.4 Å². The predicted octanol–water partition coefficient (Wildman–Crippen LogP) is 2.09. The zero-order valence-electron chi connectivity index (χ0n) is 15.3. The average Bonchev–Trinajstić information content (AvgIpc) is 3.15. The molecule has 0 radical (unpaired) electrons. The number of rotatable bonds is 8. The standard InChI is InChI=1S/C16H16F2N6O4S/c1-27-15-13(23-29(2,25)26)8-12(20-21-15)11-4-3-5-14(19-11)28-9-10-6-7-24(22-10)16(17)18/h3-8,16H,9H2,1-2H3,(H,20,23). The molecule has 13 heteroatoms. The third-order valence-corrected chi connectivity index (χ3v) is 4.06. The van der Waals surface area contributed by atoms with Crippen LogP contribution < -0.4 is 14.2 Å². The lowest BCUT2D eigenvalue weighted by atomic mass is 10.2. The van der Waals surface area contributed by atoms with Crippen molar-refractivity contribution in [2.45, 2.75) is 13.2 Å². The van der Waals surface area contributed by atoms with Gasteiger partial charge in [0.15, 0.2) is 0 Å². The number of alkyl halides is 2. The first-order valence-electron chi connectivity index (χ1n) is 8.07. The Balaban J connectivity index is 1.80. The van der Waals surface area contributed by atoms with E-state index in [0.29, 0.717) is 16.1 Å². The van der Waals surface area contributed by atoms with Crippen molar-refractivity contribution in [1.29, 1.82) is 0 Å². The largest absolute Gasteiger partial charge is 0.478 e. The molecular weight excluding hydrogens is 410 g/mol. The molecule has 3 heterocycles. The normalized spacial score (nSPS) is 11.5. The van der Waals surface area contributed by atoms with Crippen molar-refractivity contribution in [1.82, 2.24) is 25.0 Å². The summed E-state index contributed by atoms with van der Waals surface area (Å²) in [6, 6.07) is 7.67. The summed E-state index contributed by atoms with van der Waals surface area (Å²) < 4.78 is 61.5. The minimum absolute atomic E-state index is 0.00111. The number of hydrogen-bond donors (Lipinski definition) is 1. The number of sulfonamides is 1. The second kappa shape index (κ2) is 8.34. The highest BCUT2D eigenvalue weighted by atomic mass is 32.2. The fourth-order valence-electron chi connectivity index (χ4n) is 2.28. The number of aromatic nitrogens is 5. The summed E-state index contributed by atoms with van der Waals surface area (Å²) in [4.78, 5) is 4.27. The van der Waals surface area contributed by atoms with Crippen LogP contribution in [0.15, 0.2) is 36.5 Å². The van der Waals surface area contributed by atoms with Crippen molar-refractivity contribution >= 4 is 15.7 Å². The fourth-order valence-corrected chi connectivity index (χ4v) is 2.82. The highest BCUT2D eigenvalue weighted by Gasteiger charge is 2.14. The van der Waals surface area contributed by atoms with Gasteiger partial charge >= 0.3 is 6.55 Å². The van der Waals surface area contributed by atoms with Crippen LogP contribution in [-0.4, -0.2) is 46.7 Å². The van der Waals surface area contributed by atoms with Crippen LogP contribution in [0.5, 0.6) is 11.8 Å². The molecular formula is C16H16F2N6O4S. The zero-order valence-corrected chi connectivity index (χ0v) is 16.1. The first-order chi connectivity index (χ1) is 13.7. The maximum Gasteiger partial charge on any atom is 0.333 e. The molecule has 0 aliphatic carbocycles. The van der Waals surface area contributed by atoms with Gasteiger partial charge in [0.25, 0.3) is 5.88 Å². The third kappa shape index (κ3) is 5.34. The molecule has 0 amide bonds. The maximum atomic E-state index is 12.6. The van der Waals surface area contributed by atoms with Crippen LogP contribution in [0.3, 0.4) is 0 Å². The molecule has 0 bridgehead atoms. The van der Waals surface area contributed by atoms with Gasteiger partial charge in [-0.25, -0.2) is 18.1 Å². The second-order valence-electron chi connectivity index (χ2n) is 5.74. The van der Waals surface area contributed by atoms with Gasteiger partial charge in [-0.1, -0.05) is 6.07 Å². The number of nitrogens with zero attached hydrogens (tertiary/aromatic N) is 5. The van der Waals surface area contributed by atoms with Gasteiger partial charge in [0.05, 0.1) is 19.1 Å². The Hall–Kier alpha value is -3.35. The van der Waals surface area contributed by atoms with Crippen LogP contribution >= 0.6 is 0 Å². The van der Waals surface area contributed by atoms with E-state index < -0.39 is 16.6 Å². The van der Waals surface area contributed by atoms with Gasteiger partial charge < -0.3 is 9.47 Å². The number of hydrogen-bond acceptors (Lipinski definition) is 8.